The maximum atomic E-state index is 10.4. The summed E-state index contributed by atoms with van der Waals surface area (Å²) in [6, 6.07) is 37.7. The average Bonchev–Trinajstić information content (AvgIpc) is 3.32. The Labute approximate surface area is 455 Å². The highest BCUT2D eigenvalue weighted by Crippen LogP contribution is 2.17. The minimum absolute atomic E-state index is 0. The number of aryl methyl sites for hydroxylation is 1. The van der Waals surface area contributed by atoms with Gasteiger partial charge in [0.15, 0.2) is 5.78 Å². The van der Waals surface area contributed by atoms with Crippen molar-refractivity contribution in [2.75, 3.05) is 13.2 Å². The number of benzene rings is 4. The van der Waals surface area contributed by atoms with E-state index in [2.05, 4.69) is 169 Å². The molecule has 418 valence electrons. The molecule has 0 saturated carbocycles. The summed E-state index contributed by atoms with van der Waals surface area (Å²) in [5.74, 6) is -0.428. The molecule has 0 spiro atoms. The maximum Gasteiger partial charge on any atom is 0.330 e. The molecular weight excluding hydrogens is 897 g/mol. The molecule has 2 N–H and O–H groups in total. The van der Waals surface area contributed by atoms with Crippen LogP contribution in [0.4, 0.5) is 0 Å². The predicted molar refractivity (Wildman–Crippen MR) is 340 cm³/mol. The number of allylic oxidation sites excluding steroid dienone is 6. The zero-order valence-corrected chi connectivity index (χ0v) is 42.6. The third kappa shape index (κ3) is 72.5. The van der Waals surface area contributed by atoms with Crippen LogP contribution < -0.4 is 0 Å². The van der Waals surface area contributed by atoms with E-state index in [1.165, 1.54) is 52.3 Å². The van der Waals surface area contributed by atoms with E-state index in [4.69, 9.17) is 10.2 Å². The van der Waals surface area contributed by atoms with Crippen molar-refractivity contribution in [3.8, 4) is 11.1 Å². The lowest BCUT2D eigenvalue weighted by Gasteiger charge is -2.07. The predicted octanol–water partition coefficient (Wildman–Crippen LogP) is 20.4. The minimum Gasteiger partial charge on any atom is -0.460 e. The number of aliphatic hydroxyl groups is 2. The van der Waals surface area contributed by atoms with Crippen molar-refractivity contribution in [3.63, 3.8) is 0 Å². The molecule has 0 bridgehead atoms. The van der Waals surface area contributed by atoms with Crippen LogP contribution in [0.5, 0.6) is 0 Å². The van der Waals surface area contributed by atoms with Gasteiger partial charge in [-0.05, 0) is 119 Å². The molecule has 0 aliphatic rings. The van der Waals surface area contributed by atoms with Crippen molar-refractivity contribution < 1.29 is 24.5 Å². The van der Waals surface area contributed by atoms with Gasteiger partial charge >= 0.3 is 5.97 Å². The molecule has 4 rings (SSSR count). The van der Waals surface area contributed by atoms with Gasteiger partial charge in [0.05, 0.1) is 6.10 Å². The average molecular weight is 1010 g/mol. The summed E-state index contributed by atoms with van der Waals surface area (Å²) in [5, 5.41) is 16.9. The molecule has 0 heterocycles. The highest BCUT2D eigenvalue weighted by atomic mass is 16.5. The van der Waals surface area contributed by atoms with Crippen molar-refractivity contribution in [3.05, 3.63) is 232 Å². The van der Waals surface area contributed by atoms with Crippen molar-refractivity contribution in [1.29, 1.82) is 0 Å². The first-order valence-corrected chi connectivity index (χ1v) is 22.6. The highest BCUT2D eigenvalue weighted by molar-refractivity contribution is 5.91. The molecule has 1 unspecified atom stereocenters. The standard InChI is InChI=1S/C13H16.C12H10.C8H10.C7H12O3.C5H8O.C5H10.C4H8O.C4H8.C3H6.7CH4/c1-4-7-12-9-6-10-13(8-5-2)11(12)3;1-3-7-11(8-4-1)12-9-5-2-6-10-12;1-2-8-6-4-3-5-7-8;1-3-6(8)5-10-7(9)4-2;1-4(2)5(3)6;1-3-5-4-2;1-2-3-4-5;1-4(2)3;1-3-2;;;;;;;/h4-6,9-10H,1-2,7-8H2,3H3;1-10H;3-7H,2H2,1H3;4,6,8H,2-3,5H2,1H3;1H2,2-3H3;3H,1,4-5H2,2H3;2,5H,1,3-4H2;1H2,2-3H3;3H,1H2,2H3;7*1H4. The normalized spacial score (nSPS) is 8.15. The van der Waals surface area contributed by atoms with Crippen molar-refractivity contribution in [1.82, 2.24) is 0 Å². The Morgan fingerprint density at radius 1 is 0.589 bits per heavy atom. The molecule has 73 heavy (non-hydrogen) atoms. The Morgan fingerprint density at radius 2 is 0.932 bits per heavy atom. The molecule has 5 heteroatoms. The number of carbonyl (C=O) groups is 2. The maximum absolute atomic E-state index is 10.4. The number of hydrogen-bond donors (Lipinski definition) is 2. The first-order chi connectivity index (χ1) is 31.5. The lowest BCUT2D eigenvalue weighted by molar-refractivity contribution is -0.140. The van der Waals surface area contributed by atoms with Crippen LogP contribution in [-0.2, 0) is 33.6 Å². The number of Topliss-reactive ketones (excluding diaryl/α,β-unsaturated/α-hetero) is 1. The Bertz CT molecular complexity index is 1730. The van der Waals surface area contributed by atoms with Gasteiger partial charge in [-0.2, -0.15) is 0 Å². The van der Waals surface area contributed by atoms with E-state index in [1.807, 2.05) is 64.1 Å². The Hall–Kier alpha value is -6.14. The van der Waals surface area contributed by atoms with Crippen LogP contribution in [0, 0.1) is 6.92 Å². The number of hydrogen-bond acceptors (Lipinski definition) is 5. The number of rotatable bonds is 15. The largest absolute Gasteiger partial charge is 0.460 e. The zero-order chi connectivity index (χ0) is 51.4. The number of unbranched alkanes of at least 4 members (excludes halogenated alkanes) is 1. The molecule has 1 atom stereocenters. The molecule has 4 aromatic rings. The fraction of sp³-hybridized carbons (Fsp3) is 0.382. The highest BCUT2D eigenvalue weighted by Gasteiger charge is 2.02. The van der Waals surface area contributed by atoms with Gasteiger partial charge in [0, 0.05) is 12.7 Å². The van der Waals surface area contributed by atoms with Crippen LogP contribution in [0.15, 0.2) is 209 Å². The second-order valence-electron chi connectivity index (χ2n) is 14.5. The molecule has 0 radical (unpaired) electrons. The third-order valence-electron chi connectivity index (χ3n) is 7.90. The van der Waals surface area contributed by atoms with Crippen molar-refractivity contribution in [2.24, 2.45) is 0 Å². The summed E-state index contributed by atoms with van der Waals surface area (Å²) in [6.07, 6.45) is 16.5. The number of esters is 1. The van der Waals surface area contributed by atoms with E-state index in [1.54, 1.807) is 19.1 Å². The van der Waals surface area contributed by atoms with E-state index >= 15 is 0 Å². The Balaban J connectivity index is -0.0000000586. The summed E-state index contributed by atoms with van der Waals surface area (Å²) in [6.45, 7) is 45.6. The first kappa shape index (κ1) is 96.4. The molecule has 0 aliphatic carbocycles. The summed E-state index contributed by atoms with van der Waals surface area (Å²) in [5.41, 5.74) is 9.87. The quantitative estimate of drug-likeness (QED) is 0.0704. The molecule has 0 aromatic heterocycles. The number of aliphatic hydroxyl groups excluding tert-OH is 2. The van der Waals surface area contributed by atoms with Crippen LogP contribution in [0.3, 0.4) is 0 Å². The van der Waals surface area contributed by atoms with Crippen LogP contribution in [0.1, 0.15) is 155 Å². The van der Waals surface area contributed by atoms with E-state index in [0.29, 0.717) is 18.4 Å². The molecule has 4 aromatic carbocycles. The SMILES string of the molecule is C.C.C.C.C.C.C.C=C(C)C.C=C(C)C(C)=O.C=CC.C=CC(=O)OCC(O)CC.C=CCCC.C=CCCO.C=CCc1cccc(CC=C)c1C.CCc1ccccc1.c1ccc(-c2ccccc2)cc1. The lowest BCUT2D eigenvalue weighted by Crippen LogP contribution is -2.16. The molecule has 5 nitrogen and oxygen atoms in total. The fourth-order valence-electron chi connectivity index (χ4n) is 4.12. The second-order valence-corrected chi connectivity index (χ2v) is 14.5. The molecule has 0 aliphatic heterocycles. The Morgan fingerprint density at radius 3 is 1.14 bits per heavy atom. The number of ether oxygens (including phenoxy) is 1. The van der Waals surface area contributed by atoms with Gasteiger partial charge in [-0.15, -0.1) is 39.5 Å². The molecular formula is C68H116O5. The summed E-state index contributed by atoms with van der Waals surface area (Å²) in [4.78, 5) is 20.4. The van der Waals surface area contributed by atoms with Crippen LogP contribution in [0.2, 0.25) is 0 Å². The van der Waals surface area contributed by atoms with E-state index in [9.17, 15) is 9.59 Å². The van der Waals surface area contributed by atoms with Crippen molar-refractivity contribution >= 4 is 11.8 Å². The fourth-order valence-corrected chi connectivity index (χ4v) is 4.12. The van der Waals surface area contributed by atoms with E-state index in [0.717, 1.165) is 31.8 Å². The van der Waals surface area contributed by atoms with Gasteiger partial charge in [-0.1, -0.05) is 237 Å². The lowest BCUT2D eigenvalue weighted by atomic mass is 9.98. The van der Waals surface area contributed by atoms with E-state index < -0.39 is 12.1 Å². The van der Waals surface area contributed by atoms with Crippen LogP contribution in [0.25, 0.3) is 11.1 Å². The smallest absolute Gasteiger partial charge is 0.330 e. The topological polar surface area (TPSA) is 83.8 Å². The summed E-state index contributed by atoms with van der Waals surface area (Å²) in [7, 11) is 0. The molecule has 0 fully saturated rings. The van der Waals surface area contributed by atoms with Gasteiger partial charge < -0.3 is 14.9 Å². The second kappa shape index (κ2) is 74.8. The third-order valence-corrected chi connectivity index (χ3v) is 7.90. The monoisotopic (exact) mass is 1010 g/mol. The van der Waals surface area contributed by atoms with Gasteiger partial charge in [-0.3, -0.25) is 4.79 Å². The van der Waals surface area contributed by atoms with Gasteiger partial charge in [0.1, 0.15) is 6.61 Å². The van der Waals surface area contributed by atoms with Crippen LogP contribution in [-0.4, -0.2) is 41.3 Å². The minimum atomic E-state index is -0.552. The number of carbonyl (C=O) groups excluding carboxylic acids is 2. The van der Waals surface area contributed by atoms with Gasteiger partial charge in [0.25, 0.3) is 0 Å². The molecule has 0 saturated heterocycles. The number of ketones is 1. The van der Waals surface area contributed by atoms with Crippen molar-refractivity contribution in [2.45, 2.75) is 165 Å². The summed E-state index contributed by atoms with van der Waals surface area (Å²) < 4.78 is 4.54. The molecule has 0 amide bonds. The van der Waals surface area contributed by atoms with Gasteiger partial charge in [0.2, 0.25) is 0 Å². The first-order valence-electron chi connectivity index (χ1n) is 22.6. The van der Waals surface area contributed by atoms with E-state index in [-0.39, 0.29) is 71.0 Å². The summed E-state index contributed by atoms with van der Waals surface area (Å²) >= 11 is 0. The Kier molecular flexibility index (Phi) is 98.7. The van der Waals surface area contributed by atoms with Gasteiger partial charge in [-0.25, -0.2) is 4.79 Å². The van der Waals surface area contributed by atoms with Crippen LogP contribution >= 0.6 is 0 Å². The zero-order valence-electron chi connectivity index (χ0n) is 42.6.